The molecule has 5 nitrogen and oxygen atoms in total. The number of nitrogens with zero attached hydrogens (tertiary/aromatic N) is 2. The zero-order chi connectivity index (χ0) is 24.7. The van der Waals surface area contributed by atoms with Crippen LogP contribution in [-0.4, -0.2) is 23.4 Å². The fourth-order valence-corrected chi connectivity index (χ4v) is 4.69. The number of rotatable bonds is 4. The summed E-state index contributed by atoms with van der Waals surface area (Å²) >= 11 is 18.7. The van der Waals surface area contributed by atoms with Crippen LogP contribution < -0.4 is 4.90 Å². The van der Waals surface area contributed by atoms with Gasteiger partial charge in [0, 0.05) is 32.8 Å². The molecule has 3 aromatic rings. The van der Waals surface area contributed by atoms with Gasteiger partial charge in [-0.1, -0.05) is 34.8 Å². The quantitative estimate of drug-likeness (QED) is 0.215. The van der Waals surface area contributed by atoms with Crippen LogP contribution in [-0.2, 0) is 14.3 Å². The van der Waals surface area contributed by atoms with Gasteiger partial charge in [0.05, 0.1) is 23.5 Å². The lowest BCUT2D eigenvalue weighted by Gasteiger charge is -2.21. The number of carbonyl (C=O) groups excluding carboxylic acids is 2. The van der Waals surface area contributed by atoms with E-state index in [9.17, 15) is 9.59 Å². The molecule has 1 aliphatic rings. The molecule has 0 spiro atoms. The number of anilines is 1. The van der Waals surface area contributed by atoms with Crippen LogP contribution in [0.1, 0.15) is 23.9 Å². The average molecular weight is 516 g/mol. The molecule has 2 heterocycles. The largest absolute Gasteiger partial charge is 0.465 e. The third kappa shape index (κ3) is 4.16. The number of aromatic nitrogens is 1. The van der Waals surface area contributed by atoms with Crippen molar-refractivity contribution in [2.75, 3.05) is 12.0 Å². The number of hydrogen-bond acceptors (Lipinski definition) is 4. The third-order valence-corrected chi connectivity index (χ3v) is 6.59. The van der Waals surface area contributed by atoms with E-state index >= 15 is 0 Å². The smallest absolute Gasteiger partial charge is 0.343 e. The van der Waals surface area contributed by atoms with E-state index in [1.54, 1.807) is 60.4 Å². The Morgan fingerprint density at radius 1 is 0.941 bits per heavy atom. The van der Waals surface area contributed by atoms with E-state index in [1.165, 1.54) is 7.11 Å². The van der Waals surface area contributed by atoms with Crippen molar-refractivity contribution in [2.24, 2.45) is 0 Å². The molecule has 0 N–H and O–H groups in total. The summed E-state index contributed by atoms with van der Waals surface area (Å²) in [5.74, 6) is -1.09. The molecule has 34 heavy (non-hydrogen) atoms. The Kier molecular flexibility index (Phi) is 6.63. The van der Waals surface area contributed by atoms with E-state index in [0.717, 1.165) is 22.6 Å². The van der Waals surface area contributed by atoms with Crippen LogP contribution in [0.4, 0.5) is 5.69 Å². The molecule has 0 fully saturated rings. The number of ether oxygens (including phenoxy) is 1. The summed E-state index contributed by atoms with van der Waals surface area (Å²) in [4.78, 5) is 27.6. The first-order valence-electron chi connectivity index (χ1n) is 10.4. The minimum absolute atomic E-state index is 0.00427. The van der Waals surface area contributed by atoms with Gasteiger partial charge in [-0.3, -0.25) is 4.79 Å². The summed E-state index contributed by atoms with van der Waals surface area (Å²) in [6.07, 6.45) is 1.77. The zero-order valence-corrected chi connectivity index (χ0v) is 21.2. The number of allylic oxidation sites excluding steroid dienone is 2. The van der Waals surface area contributed by atoms with Crippen LogP contribution in [0.2, 0.25) is 15.1 Å². The third-order valence-electron chi connectivity index (χ3n) is 5.78. The predicted molar refractivity (Wildman–Crippen MR) is 137 cm³/mol. The van der Waals surface area contributed by atoms with Crippen LogP contribution in [0.15, 0.2) is 65.5 Å². The fourth-order valence-electron chi connectivity index (χ4n) is 4.19. The van der Waals surface area contributed by atoms with Crippen LogP contribution in [0.3, 0.4) is 0 Å². The van der Waals surface area contributed by atoms with Gasteiger partial charge in [0.2, 0.25) is 5.78 Å². The molecule has 1 aromatic heterocycles. The molecule has 0 radical (unpaired) electrons. The zero-order valence-electron chi connectivity index (χ0n) is 18.9. The van der Waals surface area contributed by atoms with E-state index in [0.29, 0.717) is 32.1 Å². The molecule has 174 valence electrons. The molecule has 0 unspecified atom stereocenters. The number of Topliss-reactive ketones (excluding diaryl/α,β-unsaturated/α-hetero) is 1. The molecule has 1 aliphatic heterocycles. The molecular weight excluding hydrogens is 495 g/mol. The maximum atomic E-state index is 13.4. The number of halogens is 3. The number of esters is 1. The van der Waals surface area contributed by atoms with E-state index in [2.05, 4.69) is 0 Å². The average Bonchev–Trinajstić information content (AvgIpc) is 3.21. The summed E-state index contributed by atoms with van der Waals surface area (Å²) in [7, 11) is 1.26. The number of carbonyl (C=O) groups is 2. The topological polar surface area (TPSA) is 51.5 Å². The van der Waals surface area contributed by atoms with Crippen molar-refractivity contribution in [3.05, 3.63) is 97.5 Å². The van der Waals surface area contributed by atoms with E-state index in [1.807, 2.05) is 24.5 Å². The lowest BCUT2D eigenvalue weighted by Crippen LogP contribution is -2.18. The molecule has 8 heteroatoms. The Bertz CT molecular complexity index is 1390. The number of benzene rings is 2. The number of aryl methyl sites for hydroxylation is 1. The van der Waals surface area contributed by atoms with Gasteiger partial charge >= 0.3 is 5.97 Å². The minimum Gasteiger partial charge on any atom is -0.465 e. The normalized spacial score (nSPS) is 15.0. The first-order chi connectivity index (χ1) is 16.1. The second-order valence-electron chi connectivity index (χ2n) is 7.88. The fraction of sp³-hybridized carbons (Fsp3) is 0.154. The number of methoxy groups -OCH3 is 1. The second kappa shape index (κ2) is 9.34. The van der Waals surface area contributed by atoms with Crippen molar-refractivity contribution in [1.82, 2.24) is 4.57 Å². The molecule has 0 amide bonds. The summed E-state index contributed by atoms with van der Waals surface area (Å²) in [6.45, 7) is 5.60. The SMILES string of the molecule is COC(=O)C1=C(C)N(c2ccc(Cl)cc2)C(=Cc2cc(C)n(-c3cc(Cl)ccc3Cl)c2C)C1=O. The Morgan fingerprint density at radius 2 is 1.59 bits per heavy atom. The van der Waals surface area contributed by atoms with Crippen molar-refractivity contribution >= 4 is 58.3 Å². The maximum Gasteiger partial charge on any atom is 0.343 e. The highest BCUT2D eigenvalue weighted by atomic mass is 35.5. The highest BCUT2D eigenvalue weighted by molar-refractivity contribution is 6.34. The molecule has 0 saturated heterocycles. The standard InChI is InChI=1S/C26H21Cl3N2O3/c1-14-11-17(15(2)30(14)22-13-19(28)7-10-21(22)29)12-23-25(32)24(26(33)34-4)16(3)31(23)20-8-5-18(27)6-9-20/h5-13H,1-4H3. The minimum atomic E-state index is -0.680. The van der Waals surface area contributed by atoms with Crippen molar-refractivity contribution in [3.8, 4) is 5.69 Å². The first-order valence-corrected chi connectivity index (χ1v) is 11.5. The maximum absolute atomic E-state index is 13.4. The van der Waals surface area contributed by atoms with E-state index < -0.39 is 11.8 Å². The summed E-state index contributed by atoms with van der Waals surface area (Å²) in [5, 5.41) is 1.68. The summed E-state index contributed by atoms with van der Waals surface area (Å²) in [5.41, 5.74) is 4.83. The highest BCUT2D eigenvalue weighted by Gasteiger charge is 2.38. The molecule has 0 saturated carbocycles. The molecule has 4 rings (SSSR count). The number of hydrogen-bond donors (Lipinski definition) is 0. The predicted octanol–water partition coefficient (Wildman–Crippen LogP) is 6.93. The molecular formula is C26H21Cl3N2O3. The van der Waals surface area contributed by atoms with Gasteiger partial charge < -0.3 is 14.2 Å². The molecule has 0 atom stereocenters. The number of ketones is 1. The van der Waals surface area contributed by atoms with Crippen LogP contribution in [0, 0.1) is 13.8 Å². The van der Waals surface area contributed by atoms with E-state index in [4.69, 9.17) is 39.5 Å². The van der Waals surface area contributed by atoms with Crippen LogP contribution in [0.5, 0.6) is 0 Å². The lowest BCUT2D eigenvalue weighted by molar-refractivity contribution is -0.137. The van der Waals surface area contributed by atoms with Gasteiger partial charge in [-0.25, -0.2) is 4.79 Å². The monoisotopic (exact) mass is 514 g/mol. The molecule has 0 aliphatic carbocycles. The van der Waals surface area contributed by atoms with Gasteiger partial charge in [0.1, 0.15) is 5.57 Å². The summed E-state index contributed by atoms with van der Waals surface area (Å²) in [6, 6.07) is 14.3. The van der Waals surface area contributed by atoms with Gasteiger partial charge in [-0.05, 0) is 80.9 Å². The van der Waals surface area contributed by atoms with Gasteiger partial charge in [-0.2, -0.15) is 0 Å². The molecule has 2 aromatic carbocycles. The first kappa shape index (κ1) is 24.1. The summed E-state index contributed by atoms with van der Waals surface area (Å²) < 4.78 is 6.86. The Balaban J connectivity index is 1.89. The van der Waals surface area contributed by atoms with Crippen molar-refractivity contribution in [1.29, 1.82) is 0 Å². The van der Waals surface area contributed by atoms with Crippen molar-refractivity contribution < 1.29 is 14.3 Å². The highest BCUT2D eigenvalue weighted by Crippen LogP contribution is 2.37. The second-order valence-corrected chi connectivity index (χ2v) is 9.16. The van der Waals surface area contributed by atoms with Crippen molar-refractivity contribution in [2.45, 2.75) is 20.8 Å². The molecule has 0 bridgehead atoms. The van der Waals surface area contributed by atoms with Gasteiger partial charge in [0.25, 0.3) is 0 Å². The lowest BCUT2D eigenvalue weighted by atomic mass is 10.1. The Hall–Kier alpha value is -2.99. The van der Waals surface area contributed by atoms with Gasteiger partial charge in [0.15, 0.2) is 0 Å². The Labute approximate surface area is 212 Å². The van der Waals surface area contributed by atoms with Crippen LogP contribution in [0.25, 0.3) is 11.8 Å². The van der Waals surface area contributed by atoms with E-state index in [-0.39, 0.29) is 5.57 Å². The Morgan fingerprint density at radius 3 is 2.24 bits per heavy atom. The van der Waals surface area contributed by atoms with Crippen molar-refractivity contribution in [3.63, 3.8) is 0 Å². The van der Waals surface area contributed by atoms with Crippen LogP contribution >= 0.6 is 34.8 Å². The van der Waals surface area contributed by atoms with Gasteiger partial charge in [-0.15, -0.1) is 0 Å².